The molecule has 0 aliphatic carbocycles. The van der Waals surface area contributed by atoms with E-state index >= 15 is 0 Å². The summed E-state index contributed by atoms with van der Waals surface area (Å²) < 4.78 is 13.3. The Morgan fingerprint density at radius 2 is 2.06 bits per heavy atom. The molecule has 0 bridgehead atoms. The molecule has 0 saturated carbocycles. The minimum atomic E-state index is -0.468. The van der Waals surface area contributed by atoms with Crippen molar-refractivity contribution >= 4 is 5.91 Å². The lowest BCUT2D eigenvalue weighted by Crippen LogP contribution is -2.39. The molecule has 0 aliphatic heterocycles. The van der Waals surface area contributed by atoms with Crippen LogP contribution in [0.4, 0.5) is 4.39 Å². The van der Waals surface area contributed by atoms with Crippen molar-refractivity contribution in [2.45, 2.75) is 26.7 Å². The quantitative estimate of drug-likeness (QED) is 0.812. The summed E-state index contributed by atoms with van der Waals surface area (Å²) in [5.41, 5.74) is 5.61. The molecule has 1 aromatic rings. The monoisotopic (exact) mass is 252 g/mol. The Bertz CT molecular complexity index is 405. The van der Waals surface area contributed by atoms with Gasteiger partial charge in [0.15, 0.2) is 0 Å². The van der Waals surface area contributed by atoms with Gasteiger partial charge >= 0.3 is 0 Å². The van der Waals surface area contributed by atoms with E-state index in [0.717, 1.165) is 0 Å². The first-order chi connectivity index (χ1) is 8.47. The van der Waals surface area contributed by atoms with Crippen LogP contribution >= 0.6 is 0 Å². The van der Waals surface area contributed by atoms with Crippen molar-refractivity contribution in [3.8, 4) is 0 Å². The summed E-state index contributed by atoms with van der Waals surface area (Å²) in [6.07, 6.45) is 1.13. The maximum absolute atomic E-state index is 13.3. The Kier molecular flexibility index (Phi) is 5.28. The Balaban J connectivity index is 2.43. The minimum Gasteiger partial charge on any atom is -0.355 e. The van der Waals surface area contributed by atoms with Gasteiger partial charge in [-0.1, -0.05) is 32.0 Å². The first-order valence-electron chi connectivity index (χ1n) is 6.19. The van der Waals surface area contributed by atoms with Crippen LogP contribution in [0, 0.1) is 11.2 Å². The van der Waals surface area contributed by atoms with Gasteiger partial charge in [-0.2, -0.15) is 0 Å². The second-order valence-electron chi connectivity index (χ2n) is 5.02. The van der Waals surface area contributed by atoms with Gasteiger partial charge in [0.2, 0.25) is 5.91 Å². The molecule has 4 heteroatoms. The number of hydrogen-bond acceptors (Lipinski definition) is 2. The molecule has 1 rings (SSSR count). The van der Waals surface area contributed by atoms with Gasteiger partial charge in [-0.3, -0.25) is 4.79 Å². The minimum absolute atomic E-state index is 0.0377. The van der Waals surface area contributed by atoms with Crippen molar-refractivity contribution < 1.29 is 9.18 Å². The predicted molar refractivity (Wildman–Crippen MR) is 70.6 cm³/mol. The molecule has 18 heavy (non-hydrogen) atoms. The van der Waals surface area contributed by atoms with E-state index in [1.54, 1.807) is 18.2 Å². The van der Waals surface area contributed by atoms with Gasteiger partial charge in [-0.25, -0.2) is 4.39 Å². The number of benzene rings is 1. The van der Waals surface area contributed by atoms with E-state index in [9.17, 15) is 9.18 Å². The molecule has 0 saturated heterocycles. The summed E-state index contributed by atoms with van der Waals surface area (Å²) in [5, 5.41) is 2.82. The smallest absolute Gasteiger partial charge is 0.225 e. The number of amides is 1. The molecule has 0 heterocycles. The van der Waals surface area contributed by atoms with Crippen molar-refractivity contribution in [3.63, 3.8) is 0 Å². The fraction of sp³-hybridized carbons (Fsp3) is 0.500. The number of nitrogens with one attached hydrogen (secondary N) is 1. The standard InChI is InChI=1S/C14H21FN2O/c1-14(2,8-9-16)13(18)17-10-7-11-5-3-4-6-12(11)15/h3-6H,7-10,16H2,1-2H3,(H,17,18). The molecule has 0 aliphatic rings. The number of rotatable bonds is 6. The summed E-state index contributed by atoms with van der Waals surface area (Å²) in [5.74, 6) is -0.266. The van der Waals surface area contributed by atoms with Crippen LogP contribution in [0.5, 0.6) is 0 Å². The van der Waals surface area contributed by atoms with Gasteiger partial charge in [-0.05, 0) is 31.0 Å². The van der Waals surface area contributed by atoms with Crippen molar-refractivity contribution in [2.24, 2.45) is 11.1 Å². The molecule has 3 N–H and O–H groups in total. The van der Waals surface area contributed by atoms with Crippen LogP contribution in [0.15, 0.2) is 24.3 Å². The molecule has 100 valence electrons. The third-order valence-corrected chi connectivity index (χ3v) is 3.02. The summed E-state index contributed by atoms with van der Waals surface area (Å²) in [7, 11) is 0. The third kappa shape index (κ3) is 4.11. The summed E-state index contributed by atoms with van der Waals surface area (Å²) >= 11 is 0. The van der Waals surface area contributed by atoms with Crippen molar-refractivity contribution in [2.75, 3.05) is 13.1 Å². The van der Waals surface area contributed by atoms with E-state index in [2.05, 4.69) is 5.32 Å². The zero-order valence-electron chi connectivity index (χ0n) is 11.0. The summed E-state index contributed by atoms with van der Waals surface area (Å²) in [6, 6.07) is 6.60. The van der Waals surface area contributed by atoms with Gasteiger partial charge in [0.05, 0.1) is 0 Å². The fourth-order valence-electron chi connectivity index (χ4n) is 1.73. The SMILES string of the molecule is CC(C)(CCN)C(=O)NCCc1ccccc1F. The second-order valence-corrected chi connectivity index (χ2v) is 5.02. The molecule has 0 unspecified atom stereocenters. The van der Waals surface area contributed by atoms with Crippen molar-refractivity contribution in [3.05, 3.63) is 35.6 Å². The van der Waals surface area contributed by atoms with Gasteiger partial charge in [0.1, 0.15) is 5.82 Å². The summed E-state index contributed by atoms with van der Waals surface area (Å²) in [4.78, 5) is 11.9. The number of nitrogens with two attached hydrogens (primary N) is 1. The average Bonchev–Trinajstić information content (AvgIpc) is 2.31. The van der Waals surface area contributed by atoms with Crippen LogP contribution in [0.1, 0.15) is 25.8 Å². The van der Waals surface area contributed by atoms with Crippen LogP contribution in [0.2, 0.25) is 0 Å². The summed E-state index contributed by atoms with van der Waals surface area (Å²) in [6.45, 7) is 4.64. The van der Waals surface area contributed by atoms with Crippen LogP contribution in [0.25, 0.3) is 0 Å². The Morgan fingerprint density at radius 3 is 2.67 bits per heavy atom. The molecule has 0 atom stereocenters. The molecule has 0 aromatic heterocycles. The van der Waals surface area contributed by atoms with E-state index in [1.807, 2.05) is 13.8 Å². The Hall–Kier alpha value is -1.42. The van der Waals surface area contributed by atoms with E-state index < -0.39 is 5.41 Å². The van der Waals surface area contributed by atoms with Crippen LogP contribution in [0.3, 0.4) is 0 Å². The number of halogens is 1. The maximum Gasteiger partial charge on any atom is 0.225 e. The highest BCUT2D eigenvalue weighted by Gasteiger charge is 2.25. The molecular weight excluding hydrogens is 231 g/mol. The number of hydrogen-bond donors (Lipinski definition) is 2. The predicted octanol–water partition coefficient (Wildman–Crippen LogP) is 1.86. The molecule has 0 spiro atoms. The molecule has 1 amide bonds. The first-order valence-corrected chi connectivity index (χ1v) is 6.19. The van der Waals surface area contributed by atoms with E-state index in [4.69, 9.17) is 5.73 Å². The molecular formula is C14H21FN2O. The Labute approximate surface area is 108 Å². The highest BCUT2D eigenvalue weighted by Crippen LogP contribution is 2.19. The third-order valence-electron chi connectivity index (χ3n) is 3.02. The van der Waals surface area contributed by atoms with Gasteiger partial charge in [-0.15, -0.1) is 0 Å². The van der Waals surface area contributed by atoms with E-state index in [1.165, 1.54) is 6.07 Å². The number of carbonyl (C=O) groups excluding carboxylic acids is 1. The van der Waals surface area contributed by atoms with Crippen molar-refractivity contribution in [1.82, 2.24) is 5.32 Å². The topological polar surface area (TPSA) is 55.1 Å². The van der Waals surface area contributed by atoms with E-state index in [0.29, 0.717) is 31.5 Å². The largest absolute Gasteiger partial charge is 0.355 e. The van der Waals surface area contributed by atoms with Gasteiger partial charge in [0.25, 0.3) is 0 Å². The fourth-order valence-corrected chi connectivity index (χ4v) is 1.73. The van der Waals surface area contributed by atoms with Crippen LogP contribution in [-0.2, 0) is 11.2 Å². The lowest BCUT2D eigenvalue weighted by atomic mass is 9.88. The van der Waals surface area contributed by atoms with Gasteiger partial charge in [0, 0.05) is 12.0 Å². The first kappa shape index (κ1) is 14.6. The molecule has 1 aromatic carbocycles. The lowest BCUT2D eigenvalue weighted by molar-refractivity contribution is -0.129. The Morgan fingerprint density at radius 1 is 1.39 bits per heavy atom. The highest BCUT2D eigenvalue weighted by atomic mass is 19.1. The van der Waals surface area contributed by atoms with Crippen LogP contribution < -0.4 is 11.1 Å². The maximum atomic E-state index is 13.3. The molecule has 0 fully saturated rings. The van der Waals surface area contributed by atoms with Crippen molar-refractivity contribution in [1.29, 1.82) is 0 Å². The van der Waals surface area contributed by atoms with Crippen LogP contribution in [-0.4, -0.2) is 19.0 Å². The average molecular weight is 252 g/mol. The zero-order valence-corrected chi connectivity index (χ0v) is 11.0. The molecule has 3 nitrogen and oxygen atoms in total. The number of carbonyl (C=O) groups is 1. The van der Waals surface area contributed by atoms with Gasteiger partial charge < -0.3 is 11.1 Å². The zero-order chi connectivity index (χ0) is 13.6. The lowest BCUT2D eigenvalue weighted by Gasteiger charge is -2.22. The second kappa shape index (κ2) is 6.50. The normalized spacial score (nSPS) is 11.3. The molecule has 0 radical (unpaired) electrons. The highest BCUT2D eigenvalue weighted by molar-refractivity contribution is 5.81. The van der Waals surface area contributed by atoms with E-state index in [-0.39, 0.29) is 11.7 Å².